The topological polar surface area (TPSA) is 58.6 Å². The van der Waals surface area contributed by atoms with E-state index in [4.69, 9.17) is 0 Å². The molecule has 114 valence electrons. The van der Waals surface area contributed by atoms with E-state index in [1.165, 1.54) is 0 Å². The zero-order chi connectivity index (χ0) is 15.3. The highest BCUT2D eigenvalue weighted by atomic mass is 19.4. The van der Waals surface area contributed by atoms with Crippen LogP contribution in [0, 0.1) is 5.92 Å². The van der Waals surface area contributed by atoms with Gasteiger partial charge in [-0.05, 0) is 6.42 Å². The first kappa shape index (κ1) is 18.0. The van der Waals surface area contributed by atoms with E-state index < -0.39 is 30.3 Å². The molecule has 19 heavy (non-hydrogen) atoms. The molecule has 0 amide bonds. The Kier molecular flexibility index (Phi) is 6.11. The lowest BCUT2D eigenvalue weighted by Crippen LogP contribution is -2.62. The van der Waals surface area contributed by atoms with Crippen molar-refractivity contribution in [1.29, 1.82) is 0 Å². The summed E-state index contributed by atoms with van der Waals surface area (Å²) < 4.78 is 75.7. The maximum absolute atomic E-state index is 12.6. The fraction of sp³-hybridized carbons (Fsp3) is 0.900. The van der Waals surface area contributed by atoms with Gasteiger partial charge in [-0.1, -0.05) is 26.2 Å². The highest BCUT2D eigenvalue weighted by Gasteiger charge is 2.73. The van der Waals surface area contributed by atoms with Gasteiger partial charge in [0.05, 0.1) is 0 Å². The number of hydrogen-bond donors (Lipinski definition) is 2. The van der Waals surface area contributed by atoms with Crippen LogP contribution >= 0.6 is 0 Å². The first-order chi connectivity index (χ1) is 8.52. The number of rotatable bonds is 6. The molecular weight excluding hydrogens is 278 g/mol. The molecule has 1 atom stereocenters. The lowest BCUT2D eigenvalue weighted by atomic mass is 9.83. The van der Waals surface area contributed by atoms with Crippen LogP contribution < -0.4 is 5.84 Å². The predicted molar refractivity (Wildman–Crippen MR) is 57.4 cm³/mol. The molecule has 0 unspecified atom stereocenters. The summed E-state index contributed by atoms with van der Waals surface area (Å²) in [5.74, 6) is 2.38. The van der Waals surface area contributed by atoms with Crippen molar-refractivity contribution in [2.75, 3.05) is 0 Å². The molecule has 0 saturated heterocycles. The number of unbranched alkanes of at least 4 members (excludes halogenated alkanes) is 2. The summed E-state index contributed by atoms with van der Waals surface area (Å²) in [4.78, 5) is 0. The van der Waals surface area contributed by atoms with Crippen LogP contribution in [-0.2, 0) is 0 Å². The fourth-order valence-corrected chi connectivity index (χ4v) is 1.69. The summed E-state index contributed by atoms with van der Waals surface area (Å²) in [6.07, 6.45) is -10.8. The average molecular weight is 294 g/mol. The molecule has 0 aromatic heterocycles. The zero-order valence-corrected chi connectivity index (χ0v) is 10.2. The average Bonchev–Trinajstić information content (AvgIpc) is 2.24. The Labute approximate surface area is 106 Å². The summed E-state index contributed by atoms with van der Waals surface area (Å²) in [5, 5.41) is 11.9. The highest BCUT2D eigenvalue weighted by Crippen LogP contribution is 2.48. The maximum atomic E-state index is 12.6. The predicted octanol–water partition coefficient (Wildman–Crippen LogP) is 2.98. The Bertz CT molecular complexity index is 285. The van der Waals surface area contributed by atoms with Crippen LogP contribution in [0.15, 0.2) is 5.10 Å². The summed E-state index contributed by atoms with van der Waals surface area (Å²) >= 11 is 0. The Balaban J connectivity index is 5.40. The van der Waals surface area contributed by atoms with E-state index in [1.54, 1.807) is 6.92 Å². The SMILES string of the molecule is CCCCC[C@@H](/C=N\N)C(O)(C(F)(F)F)C(F)(F)F. The maximum Gasteiger partial charge on any atom is 0.426 e. The Morgan fingerprint density at radius 1 is 1.11 bits per heavy atom. The largest absolute Gasteiger partial charge is 0.426 e. The van der Waals surface area contributed by atoms with E-state index in [-0.39, 0.29) is 6.42 Å². The quantitative estimate of drug-likeness (QED) is 0.260. The number of hydrogen-bond acceptors (Lipinski definition) is 3. The number of nitrogens with two attached hydrogens (primary N) is 1. The van der Waals surface area contributed by atoms with Crippen LogP contribution in [-0.4, -0.2) is 29.3 Å². The van der Waals surface area contributed by atoms with Gasteiger partial charge in [-0.25, -0.2) is 0 Å². The molecule has 0 heterocycles. The van der Waals surface area contributed by atoms with Gasteiger partial charge in [-0.2, -0.15) is 31.4 Å². The zero-order valence-electron chi connectivity index (χ0n) is 10.2. The highest BCUT2D eigenvalue weighted by molar-refractivity contribution is 5.62. The molecule has 0 aliphatic heterocycles. The third-order valence-electron chi connectivity index (χ3n) is 2.79. The van der Waals surface area contributed by atoms with E-state index in [2.05, 4.69) is 10.9 Å². The molecular formula is C10H16F6N2O. The number of hydrazone groups is 1. The summed E-state index contributed by atoms with van der Waals surface area (Å²) in [7, 11) is 0. The molecule has 3 N–H and O–H groups in total. The molecule has 0 bridgehead atoms. The normalized spacial score (nSPS) is 16.0. The van der Waals surface area contributed by atoms with Crippen molar-refractivity contribution in [2.45, 2.75) is 50.6 Å². The minimum Gasteiger partial charge on any atom is -0.373 e. The van der Waals surface area contributed by atoms with Crippen molar-refractivity contribution in [1.82, 2.24) is 0 Å². The number of nitrogens with zero attached hydrogens (tertiary/aromatic N) is 1. The van der Waals surface area contributed by atoms with E-state index in [0.29, 0.717) is 19.1 Å². The minimum atomic E-state index is -5.86. The van der Waals surface area contributed by atoms with Crippen LogP contribution in [0.2, 0.25) is 0 Å². The molecule has 9 heteroatoms. The van der Waals surface area contributed by atoms with E-state index in [1.807, 2.05) is 0 Å². The van der Waals surface area contributed by atoms with Crippen molar-refractivity contribution < 1.29 is 31.4 Å². The fourth-order valence-electron chi connectivity index (χ4n) is 1.69. The van der Waals surface area contributed by atoms with Crippen molar-refractivity contribution in [3.05, 3.63) is 0 Å². The van der Waals surface area contributed by atoms with Gasteiger partial charge in [0.2, 0.25) is 0 Å². The first-order valence-corrected chi connectivity index (χ1v) is 5.61. The smallest absolute Gasteiger partial charge is 0.373 e. The Morgan fingerprint density at radius 3 is 1.89 bits per heavy atom. The second kappa shape index (κ2) is 6.44. The van der Waals surface area contributed by atoms with Crippen molar-refractivity contribution >= 4 is 6.21 Å². The van der Waals surface area contributed by atoms with Crippen LogP contribution in [0.1, 0.15) is 32.6 Å². The second-order valence-corrected chi connectivity index (χ2v) is 4.16. The lowest BCUT2D eigenvalue weighted by Gasteiger charge is -2.37. The van der Waals surface area contributed by atoms with Crippen LogP contribution in [0.3, 0.4) is 0 Å². The van der Waals surface area contributed by atoms with E-state index in [0.717, 1.165) is 0 Å². The minimum absolute atomic E-state index is 0.0989. The standard InChI is InChI=1S/C10H16F6N2O/c1-2-3-4-5-7(6-18-17)8(19,9(11,12)13)10(14,15)16/h6-7,19H,2-5,17H2,1H3/b18-6-/t7-/m0/s1. The van der Waals surface area contributed by atoms with Crippen LogP contribution in [0.4, 0.5) is 26.3 Å². The van der Waals surface area contributed by atoms with Gasteiger partial charge < -0.3 is 10.9 Å². The third-order valence-corrected chi connectivity index (χ3v) is 2.79. The first-order valence-electron chi connectivity index (χ1n) is 5.61. The number of aliphatic hydroxyl groups is 1. The van der Waals surface area contributed by atoms with Gasteiger partial charge in [0.1, 0.15) is 0 Å². The molecule has 0 aliphatic carbocycles. The monoisotopic (exact) mass is 294 g/mol. The third kappa shape index (κ3) is 3.99. The van der Waals surface area contributed by atoms with Gasteiger partial charge in [0.15, 0.2) is 0 Å². The number of alkyl halides is 6. The molecule has 0 aliphatic rings. The van der Waals surface area contributed by atoms with Gasteiger partial charge in [-0.3, -0.25) is 0 Å². The van der Waals surface area contributed by atoms with E-state index in [9.17, 15) is 31.4 Å². The van der Waals surface area contributed by atoms with Gasteiger partial charge >= 0.3 is 12.4 Å². The summed E-state index contributed by atoms with van der Waals surface area (Å²) in [6.45, 7) is 1.74. The molecule has 0 spiro atoms. The van der Waals surface area contributed by atoms with Crippen LogP contribution in [0.25, 0.3) is 0 Å². The van der Waals surface area contributed by atoms with Gasteiger partial charge in [0, 0.05) is 12.1 Å². The molecule has 0 rings (SSSR count). The molecule has 0 fully saturated rings. The lowest BCUT2D eigenvalue weighted by molar-refractivity contribution is -0.378. The summed E-state index contributed by atoms with van der Waals surface area (Å²) in [6, 6.07) is 0. The molecule has 0 aromatic rings. The van der Waals surface area contributed by atoms with Crippen molar-refractivity contribution in [3.63, 3.8) is 0 Å². The molecule has 0 aromatic carbocycles. The second-order valence-electron chi connectivity index (χ2n) is 4.16. The van der Waals surface area contributed by atoms with Crippen molar-refractivity contribution in [3.8, 4) is 0 Å². The molecule has 0 radical (unpaired) electrons. The molecule has 3 nitrogen and oxygen atoms in total. The van der Waals surface area contributed by atoms with Crippen LogP contribution in [0.5, 0.6) is 0 Å². The van der Waals surface area contributed by atoms with Gasteiger partial charge in [0.25, 0.3) is 5.60 Å². The van der Waals surface area contributed by atoms with E-state index >= 15 is 0 Å². The summed E-state index contributed by atoms with van der Waals surface area (Å²) in [5.41, 5.74) is -4.84. The van der Waals surface area contributed by atoms with Gasteiger partial charge in [-0.15, -0.1) is 0 Å². The molecule has 0 saturated carbocycles. The Hall–Kier alpha value is -0.990. The van der Waals surface area contributed by atoms with Crippen molar-refractivity contribution in [2.24, 2.45) is 16.9 Å². The number of halogens is 6. The Morgan fingerprint density at radius 2 is 1.58 bits per heavy atom.